The molecule has 0 radical (unpaired) electrons. The van der Waals surface area contributed by atoms with Crippen LogP contribution in [0.2, 0.25) is 0 Å². The number of nitrogens with one attached hydrogen (secondary N) is 1. The third kappa shape index (κ3) is 5.11. The van der Waals surface area contributed by atoms with Gasteiger partial charge in [-0.3, -0.25) is 9.59 Å². The number of benzene rings is 1. The highest BCUT2D eigenvalue weighted by Gasteiger charge is 2.19. The van der Waals surface area contributed by atoms with E-state index in [1.54, 1.807) is 37.3 Å². The number of rotatable bonds is 8. The highest BCUT2D eigenvalue weighted by atomic mass is 32.1. The Hall–Kier alpha value is -3.40. The van der Waals surface area contributed by atoms with Crippen molar-refractivity contribution in [3.05, 3.63) is 52.3 Å². The van der Waals surface area contributed by atoms with Crippen molar-refractivity contribution in [2.75, 3.05) is 25.5 Å². The molecule has 0 unspecified atom stereocenters. The zero-order valence-corrected chi connectivity index (χ0v) is 16.8. The number of hydrogen-bond acceptors (Lipinski definition) is 7. The summed E-state index contributed by atoms with van der Waals surface area (Å²) < 4.78 is 11.2. The van der Waals surface area contributed by atoms with Crippen molar-refractivity contribution < 1.29 is 18.7 Å². The number of ether oxygens (including phenoxy) is 1. The number of nitrogens with zero attached hydrogens (tertiary/aromatic N) is 3. The monoisotopic (exact) mass is 416 g/mol. The molecule has 3 rings (SSSR count). The van der Waals surface area contributed by atoms with Crippen molar-refractivity contribution >= 4 is 28.8 Å². The molecule has 0 saturated carbocycles. The maximum Gasteiger partial charge on any atom is 0.437 e. The van der Waals surface area contributed by atoms with Gasteiger partial charge in [0.15, 0.2) is 0 Å². The molecule has 0 saturated heterocycles. The zero-order chi connectivity index (χ0) is 20.8. The van der Waals surface area contributed by atoms with Crippen molar-refractivity contribution in [3.8, 4) is 16.5 Å². The number of carbonyl (C=O) groups is 2. The van der Waals surface area contributed by atoms with E-state index in [-0.39, 0.29) is 24.9 Å². The van der Waals surface area contributed by atoms with E-state index in [1.807, 2.05) is 11.4 Å². The summed E-state index contributed by atoms with van der Waals surface area (Å²) in [6.07, 6.45) is 0. The van der Waals surface area contributed by atoms with Crippen LogP contribution in [-0.4, -0.2) is 46.7 Å². The fourth-order valence-electron chi connectivity index (χ4n) is 2.59. The summed E-state index contributed by atoms with van der Waals surface area (Å²) in [7, 11) is 1.54. The van der Waals surface area contributed by atoms with Gasteiger partial charge in [-0.2, -0.15) is 4.68 Å². The molecule has 0 aliphatic carbocycles. The van der Waals surface area contributed by atoms with Crippen LogP contribution in [0.3, 0.4) is 0 Å². The van der Waals surface area contributed by atoms with Gasteiger partial charge < -0.3 is 19.4 Å². The molecule has 0 bridgehead atoms. The summed E-state index contributed by atoms with van der Waals surface area (Å²) in [6.45, 7) is 1.58. The van der Waals surface area contributed by atoms with Crippen molar-refractivity contribution in [1.82, 2.24) is 14.7 Å². The lowest BCUT2D eigenvalue weighted by Gasteiger charge is -2.20. The topological polar surface area (TPSA) is 107 Å². The van der Waals surface area contributed by atoms with Gasteiger partial charge in [-0.25, -0.2) is 4.79 Å². The molecule has 9 nitrogen and oxygen atoms in total. The number of carbonyl (C=O) groups excluding carboxylic acids is 2. The fourth-order valence-corrected chi connectivity index (χ4v) is 3.23. The average Bonchev–Trinajstić information content (AvgIpc) is 3.36. The number of likely N-dealkylation sites (N-methyl/N-ethyl adjacent to an activating group) is 1. The Labute approximate surface area is 170 Å². The van der Waals surface area contributed by atoms with E-state index in [0.717, 1.165) is 4.68 Å². The molecule has 0 fully saturated rings. The summed E-state index contributed by atoms with van der Waals surface area (Å²) in [4.78, 5) is 38.9. The van der Waals surface area contributed by atoms with Gasteiger partial charge in [-0.15, -0.1) is 16.4 Å². The van der Waals surface area contributed by atoms with Crippen molar-refractivity contribution in [1.29, 1.82) is 0 Å². The Kier molecular flexibility index (Phi) is 6.45. The van der Waals surface area contributed by atoms with E-state index in [0.29, 0.717) is 22.9 Å². The van der Waals surface area contributed by atoms with Crippen molar-refractivity contribution in [2.45, 2.75) is 13.5 Å². The molecule has 29 heavy (non-hydrogen) atoms. The van der Waals surface area contributed by atoms with E-state index in [4.69, 9.17) is 9.15 Å². The van der Waals surface area contributed by atoms with Gasteiger partial charge >= 0.3 is 5.76 Å². The highest BCUT2D eigenvalue weighted by molar-refractivity contribution is 7.13. The number of anilines is 1. The summed E-state index contributed by atoms with van der Waals surface area (Å²) in [5.74, 6) is -0.727. The Morgan fingerprint density at radius 3 is 2.83 bits per heavy atom. The highest BCUT2D eigenvalue weighted by Crippen LogP contribution is 2.21. The van der Waals surface area contributed by atoms with Gasteiger partial charge in [0, 0.05) is 18.3 Å². The Bertz CT molecular complexity index is 1040. The standard InChI is InChI=1S/C19H20N4O5S/c1-3-22(11-16(24)20-13-6-4-7-14(10-13)27-2)17(25)12-23-19(26)28-18(21-23)15-8-5-9-29-15/h4-10H,3,11-12H2,1-2H3,(H,20,24). The van der Waals surface area contributed by atoms with Crippen LogP contribution in [-0.2, 0) is 16.1 Å². The van der Waals surface area contributed by atoms with Crippen LogP contribution < -0.4 is 15.8 Å². The van der Waals surface area contributed by atoms with Gasteiger partial charge in [0.25, 0.3) is 5.89 Å². The maximum atomic E-state index is 12.6. The first-order valence-corrected chi connectivity index (χ1v) is 9.71. The Balaban J connectivity index is 1.63. The predicted molar refractivity (Wildman–Crippen MR) is 108 cm³/mol. The molecule has 0 atom stereocenters. The zero-order valence-electron chi connectivity index (χ0n) is 16.0. The quantitative estimate of drug-likeness (QED) is 0.602. The molecule has 1 N–H and O–H groups in total. The molecule has 0 spiro atoms. The first-order chi connectivity index (χ1) is 14.0. The third-order valence-electron chi connectivity index (χ3n) is 4.05. The molecule has 152 valence electrons. The summed E-state index contributed by atoms with van der Waals surface area (Å²) in [5, 5.41) is 8.61. The molecule has 10 heteroatoms. The predicted octanol–water partition coefficient (Wildman–Crippen LogP) is 2.06. The Morgan fingerprint density at radius 2 is 2.14 bits per heavy atom. The van der Waals surface area contributed by atoms with Gasteiger partial charge in [0.1, 0.15) is 12.3 Å². The second kappa shape index (κ2) is 9.20. The molecule has 2 heterocycles. The molecule has 1 aromatic carbocycles. The van der Waals surface area contributed by atoms with Gasteiger partial charge in [-0.1, -0.05) is 12.1 Å². The fraction of sp³-hybridized carbons (Fsp3) is 0.263. The molecular formula is C19H20N4O5S. The van der Waals surface area contributed by atoms with Gasteiger partial charge in [-0.05, 0) is 30.5 Å². The second-order valence-corrected chi connectivity index (χ2v) is 6.94. The van der Waals surface area contributed by atoms with Crippen LogP contribution in [0.5, 0.6) is 5.75 Å². The second-order valence-electron chi connectivity index (χ2n) is 6.00. The summed E-state index contributed by atoms with van der Waals surface area (Å²) in [6, 6.07) is 10.5. The minimum absolute atomic E-state index is 0.156. The average molecular weight is 416 g/mol. The van der Waals surface area contributed by atoms with E-state index < -0.39 is 11.7 Å². The van der Waals surface area contributed by atoms with Crippen molar-refractivity contribution in [2.24, 2.45) is 0 Å². The van der Waals surface area contributed by atoms with E-state index in [2.05, 4.69) is 10.4 Å². The van der Waals surface area contributed by atoms with E-state index in [1.165, 1.54) is 23.3 Å². The van der Waals surface area contributed by atoms with E-state index in [9.17, 15) is 14.4 Å². The summed E-state index contributed by atoms with van der Waals surface area (Å²) in [5.41, 5.74) is 0.561. The van der Waals surface area contributed by atoms with E-state index >= 15 is 0 Å². The number of hydrogen-bond donors (Lipinski definition) is 1. The molecule has 2 aromatic heterocycles. The van der Waals surface area contributed by atoms with Crippen LogP contribution in [0.1, 0.15) is 6.92 Å². The number of aromatic nitrogens is 2. The SMILES string of the molecule is CCN(CC(=O)Nc1cccc(OC)c1)C(=O)Cn1nc(-c2cccs2)oc1=O. The summed E-state index contributed by atoms with van der Waals surface area (Å²) >= 11 is 1.37. The lowest BCUT2D eigenvalue weighted by molar-refractivity contribution is -0.135. The minimum Gasteiger partial charge on any atom is -0.497 e. The molecule has 2 amide bonds. The maximum absolute atomic E-state index is 12.6. The Morgan fingerprint density at radius 1 is 1.31 bits per heavy atom. The lowest BCUT2D eigenvalue weighted by atomic mass is 10.3. The largest absolute Gasteiger partial charge is 0.497 e. The minimum atomic E-state index is -0.723. The smallest absolute Gasteiger partial charge is 0.437 e. The van der Waals surface area contributed by atoms with Gasteiger partial charge in [0.2, 0.25) is 11.8 Å². The first-order valence-electron chi connectivity index (χ1n) is 8.83. The molecule has 0 aliphatic heterocycles. The lowest BCUT2D eigenvalue weighted by Crippen LogP contribution is -2.40. The molecule has 3 aromatic rings. The third-order valence-corrected chi connectivity index (χ3v) is 4.90. The number of thiophene rings is 1. The molecular weight excluding hydrogens is 396 g/mol. The van der Waals surface area contributed by atoms with Crippen LogP contribution >= 0.6 is 11.3 Å². The molecule has 0 aliphatic rings. The first kappa shape index (κ1) is 20.3. The number of methoxy groups -OCH3 is 1. The van der Waals surface area contributed by atoms with Crippen LogP contribution in [0, 0.1) is 0 Å². The van der Waals surface area contributed by atoms with Crippen LogP contribution in [0.25, 0.3) is 10.8 Å². The number of amides is 2. The normalized spacial score (nSPS) is 10.6. The van der Waals surface area contributed by atoms with Gasteiger partial charge in [0.05, 0.1) is 18.5 Å². The van der Waals surface area contributed by atoms with Crippen molar-refractivity contribution in [3.63, 3.8) is 0 Å². The van der Waals surface area contributed by atoms with Crippen LogP contribution in [0.4, 0.5) is 5.69 Å². The van der Waals surface area contributed by atoms with Crippen LogP contribution in [0.15, 0.2) is 51.0 Å².